The molecule has 7 nitrogen and oxygen atoms in total. The van der Waals surface area contributed by atoms with Crippen molar-refractivity contribution in [1.29, 1.82) is 0 Å². The van der Waals surface area contributed by atoms with E-state index in [0.717, 1.165) is 18.6 Å². The van der Waals surface area contributed by atoms with Gasteiger partial charge >= 0.3 is 0 Å². The summed E-state index contributed by atoms with van der Waals surface area (Å²) in [6.07, 6.45) is 7.82. The predicted octanol–water partition coefficient (Wildman–Crippen LogP) is 2.47. The maximum atomic E-state index is 14.4. The lowest BCUT2D eigenvalue weighted by atomic mass is 10.0. The predicted molar refractivity (Wildman–Crippen MR) is 108 cm³/mol. The Morgan fingerprint density at radius 1 is 1.33 bits per heavy atom. The lowest BCUT2D eigenvalue weighted by Gasteiger charge is -2.26. The van der Waals surface area contributed by atoms with Gasteiger partial charge in [0.1, 0.15) is 17.5 Å². The first kappa shape index (κ1) is 20.0. The average Bonchev–Trinajstić information content (AvgIpc) is 3.39. The van der Waals surface area contributed by atoms with Crippen LogP contribution in [0.25, 0.3) is 11.7 Å². The number of anilines is 1. The third-order valence-corrected chi connectivity index (χ3v) is 5.07. The second kappa shape index (κ2) is 8.58. The van der Waals surface area contributed by atoms with Gasteiger partial charge in [-0.25, -0.2) is 18.3 Å². The normalized spacial score (nSPS) is 16.6. The fourth-order valence-electron chi connectivity index (χ4n) is 3.69. The molecule has 9 heteroatoms. The molecule has 0 bridgehead atoms. The first-order valence-electron chi connectivity index (χ1n) is 9.69. The SMILES string of the molecule is O=C(C=Cc1cnn2ccc(N3CCC[C@@H]3c3cc(F)ccc3F)nc12)NCCO. The number of carbonyl (C=O) groups excluding carboxylic acids is 1. The van der Waals surface area contributed by atoms with Gasteiger partial charge in [-0.1, -0.05) is 0 Å². The minimum Gasteiger partial charge on any atom is -0.395 e. The number of rotatable bonds is 6. The van der Waals surface area contributed by atoms with Crippen LogP contribution in [-0.4, -0.2) is 45.3 Å². The highest BCUT2D eigenvalue weighted by Gasteiger charge is 2.29. The van der Waals surface area contributed by atoms with Gasteiger partial charge in [0.25, 0.3) is 0 Å². The van der Waals surface area contributed by atoms with Gasteiger partial charge in [-0.3, -0.25) is 4.79 Å². The number of nitrogens with one attached hydrogen (secondary N) is 1. The third kappa shape index (κ3) is 4.02. The fourth-order valence-corrected chi connectivity index (χ4v) is 3.69. The quantitative estimate of drug-likeness (QED) is 0.607. The van der Waals surface area contributed by atoms with Crippen molar-refractivity contribution in [2.24, 2.45) is 0 Å². The molecule has 2 N–H and O–H groups in total. The van der Waals surface area contributed by atoms with Crippen molar-refractivity contribution >= 4 is 23.4 Å². The van der Waals surface area contributed by atoms with E-state index in [9.17, 15) is 13.6 Å². The summed E-state index contributed by atoms with van der Waals surface area (Å²) in [6, 6.07) is 5.00. The topological polar surface area (TPSA) is 82.8 Å². The van der Waals surface area contributed by atoms with Crippen molar-refractivity contribution in [2.45, 2.75) is 18.9 Å². The minimum atomic E-state index is -0.468. The van der Waals surface area contributed by atoms with Gasteiger partial charge in [0.2, 0.25) is 5.91 Å². The molecule has 156 valence electrons. The van der Waals surface area contributed by atoms with Gasteiger partial charge in [0.05, 0.1) is 18.8 Å². The monoisotopic (exact) mass is 413 g/mol. The molecule has 1 aliphatic heterocycles. The molecule has 1 atom stereocenters. The average molecular weight is 413 g/mol. The molecule has 30 heavy (non-hydrogen) atoms. The lowest BCUT2D eigenvalue weighted by Crippen LogP contribution is -2.24. The van der Waals surface area contributed by atoms with Crippen LogP contribution >= 0.6 is 0 Å². The van der Waals surface area contributed by atoms with Crippen molar-refractivity contribution in [3.63, 3.8) is 0 Å². The first-order chi connectivity index (χ1) is 14.6. The molecule has 0 aliphatic carbocycles. The van der Waals surface area contributed by atoms with Crippen LogP contribution in [0.3, 0.4) is 0 Å². The van der Waals surface area contributed by atoms with Gasteiger partial charge < -0.3 is 15.3 Å². The molecule has 1 aromatic carbocycles. The molecule has 1 saturated heterocycles. The zero-order chi connectivity index (χ0) is 21.1. The van der Waals surface area contributed by atoms with Crippen LogP contribution in [0.4, 0.5) is 14.6 Å². The van der Waals surface area contributed by atoms with Crippen molar-refractivity contribution in [3.05, 3.63) is 65.5 Å². The van der Waals surface area contributed by atoms with E-state index >= 15 is 0 Å². The second-order valence-electron chi connectivity index (χ2n) is 7.02. The number of hydrogen-bond donors (Lipinski definition) is 2. The molecule has 0 spiro atoms. The summed E-state index contributed by atoms with van der Waals surface area (Å²) < 4.78 is 29.6. The Morgan fingerprint density at radius 2 is 2.20 bits per heavy atom. The second-order valence-corrected chi connectivity index (χ2v) is 7.02. The van der Waals surface area contributed by atoms with Crippen molar-refractivity contribution in [3.8, 4) is 0 Å². The summed E-state index contributed by atoms with van der Waals surface area (Å²) in [5.41, 5.74) is 1.51. The Hall–Kier alpha value is -3.33. The van der Waals surface area contributed by atoms with Crippen LogP contribution in [0.2, 0.25) is 0 Å². The molecule has 0 unspecified atom stereocenters. The number of fused-ring (bicyclic) bond motifs is 1. The highest BCUT2D eigenvalue weighted by Crippen LogP contribution is 2.36. The van der Waals surface area contributed by atoms with Crippen molar-refractivity contribution in [1.82, 2.24) is 19.9 Å². The highest BCUT2D eigenvalue weighted by molar-refractivity contribution is 5.92. The number of aromatic nitrogens is 3. The number of halogens is 2. The summed E-state index contributed by atoms with van der Waals surface area (Å²) in [7, 11) is 0. The van der Waals surface area contributed by atoms with E-state index in [1.807, 2.05) is 4.90 Å². The Balaban J connectivity index is 1.63. The minimum absolute atomic E-state index is 0.135. The summed E-state index contributed by atoms with van der Waals surface area (Å²) in [5.74, 6) is -0.602. The van der Waals surface area contributed by atoms with Crippen LogP contribution < -0.4 is 10.2 Å². The van der Waals surface area contributed by atoms with Crippen LogP contribution in [0.5, 0.6) is 0 Å². The van der Waals surface area contributed by atoms with Crippen LogP contribution in [-0.2, 0) is 4.79 Å². The number of benzene rings is 1. The maximum Gasteiger partial charge on any atom is 0.244 e. The highest BCUT2D eigenvalue weighted by atomic mass is 19.1. The number of aliphatic hydroxyl groups excluding tert-OH is 1. The van der Waals surface area contributed by atoms with Gasteiger partial charge in [-0.2, -0.15) is 5.10 Å². The molecule has 3 heterocycles. The molecule has 1 fully saturated rings. The van der Waals surface area contributed by atoms with Crippen LogP contribution in [0.15, 0.2) is 42.7 Å². The summed E-state index contributed by atoms with van der Waals surface area (Å²) in [5, 5.41) is 15.5. The molecule has 3 aromatic rings. The largest absolute Gasteiger partial charge is 0.395 e. The summed E-state index contributed by atoms with van der Waals surface area (Å²) in [6.45, 7) is 0.712. The molecular weight excluding hydrogens is 392 g/mol. The molecule has 1 amide bonds. The van der Waals surface area contributed by atoms with Gasteiger partial charge in [0.15, 0.2) is 5.65 Å². The molecule has 2 aromatic heterocycles. The Kier molecular flexibility index (Phi) is 5.71. The summed E-state index contributed by atoms with van der Waals surface area (Å²) >= 11 is 0. The van der Waals surface area contributed by atoms with E-state index in [1.165, 1.54) is 12.1 Å². The number of amides is 1. The van der Waals surface area contributed by atoms with E-state index in [1.54, 1.807) is 29.1 Å². The zero-order valence-corrected chi connectivity index (χ0v) is 16.1. The fraction of sp³-hybridized carbons (Fsp3) is 0.286. The first-order valence-corrected chi connectivity index (χ1v) is 9.69. The molecule has 1 aliphatic rings. The summed E-state index contributed by atoms with van der Waals surface area (Å²) in [4.78, 5) is 18.4. The molecule has 0 radical (unpaired) electrons. The molecular formula is C21H21F2N5O2. The number of hydrogen-bond acceptors (Lipinski definition) is 5. The van der Waals surface area contributed by atoms with E-state index in [0.29, 0.717) is 35.6 Å². The lowest BCUT2D eigenvalue weighted by molar-refractivity contribution is -0.116. The third-order valence-electron chi connectivity index (χ3n) is 5.07. The smallest absolute Gasteiger partial charge is 0.244 e. The maximum absolute atomic E-state index is 14.4. The van der Waals surface area contributed by atoms with Crippen LogP contribution in [0, 0.1) is 11.6 Å². The Bertz CT molecular complexity index is 1100. The number of nitrogens with zero attached hydrogens (tertiary/aromatic N) is 4. The van der Waals surface area contributed by atoms with E-state index < -0.39 is 11.6 Å². The number of aliphatic hydroxyl groups is 1. The van der Waals surface area contributed by atoms with Gasteiger partial charge in [0, 0.05) is 36.5 Å². The van der Waals surface area contributed by atoms with E-state index in [-0.39, 0.29) is 25.1 Å². The van der Waals surface area contributed by atoms with E-state index in [4.69, 9.17) is 5.11 Å². The van der Waals surface area contributed by atoms with Gasteiger partial charge in [-0.15, -0.1) is 0 Å². The van der Waals surface area contributed by atoms with Crippen molar-refractivity contribution in [2.75, 3.05) is 24.6 Å². The van der Waals surface area contributed by atoms with Gasteiger partial charge in [-0.05, 0) is 43.2 Å². The molecule has 0 saturated carbocycles. The zero-order valence-electron chi connectivity index (χ0n) is 16.1. The standard InChI is InChI=1S/C21H21F2N5O2/c22-15-4-5-17(23)16(12-15)18-2-1-9-27(18)19-7-10-28-21(26-19)14(13-25-28)3-6-20(30)24-8-11-29/h3-7,10,12-13,18,29H,1-2,8-9,11H2,(H,24,30)/t18-/m1/s1. The number of carbonyl (C=O) groups is 1. The molecule has 4 rings (SSSR count). The van der Waals surface area contributed by atoms with Crippen molar-refractivity contribution < 1.29 is 18.7 Å². The Morgan fingerprint density at radius 3 is 3.03 bits per heavy atom. The Labute approximate surface area is 171 Å². The van der Waals surface area contributed by atoms with E-state index in [2.05, 4.69) is 15.4 Å². The van der Waals surface area contributed by atoms with Crippen LogP contribution in [0.1, 0.15) is 30.0 Å².